The van der Waals surface area contributed by atoms with E-state index in [1.54, 1.807) is 0 Å². The summed E-state index contributed by atoms with van der Waals surface area (Å²) in [5.41, 5.74) is 4.46. The maximum absolute atomic E-state index is 13.0. The molecule has 1 heterocycles. The number of nitrogens with zero attached hydrogens (tertiary/aromatic N) is 3. The number of halogens is 5. The van der Waals surface area contributed by atoms with Gasteiger partial charge < -0.3 is 16.2 Å². The van der Waals surface area contributed by atoms with Crippen molar-refractivity contribution >= 4 is 23.5 Å². The highest BCUT2D eigenvalue weighted by Gasteiger charge is 2.34. The Labute approximate surface area is 173 Å². The molecular formula is C17H17ClF4N6O2. The largest absolute Gasteiger partial charge is 0.417 e. The van der Waals surface area contributed by atoms with E-state index in [4.69, 9.17) is 23.2 Å². The van der Waals surface area contributed by atoms with Crippen molar-refractivity contribution in [3.05, 3.63) is 64.0 Å². The highest BCUT2D eigenvalue weighted by Crippen LogP contribution is 2.36. The normalized spacial score (nSPS) is 12.4. The van der Waals surface area contributed by atoms with Crippen LogP contribution in [0.15, 0.2) is 42.0 Å². The maximum atomic E-state index is 13.0. The second kappa shape index (κ2) is 9.69. The minimum Gasteiger partial charge on any atom is -0.399 e. The van der Waals surface area contributed by atoms with Crippen molar-refractivity contribution in [3.8, 4) is 0 Å². The van der Waals surface area contributed by atoms with Crippen LogP contribution in [0.5, 0.6) is 0 Å². The Balaban J connectivity index is 2.22. The van der Waals surface area contributed by atoms with E-state index in [0.29, 0.717) is 0 Å². The van der Waals surface area contributed by atoms with Gasteiger partial charge in [0.25, 0.3) is 5.91 Å². The molecule has 2 rings (SSSR count). The number of rotatable bonds is 7. The molecular weight excluding hydrogens is 432 g/mol. The van der Waals surface area contributed by atoms with Crippen LogP contribution in [-0.2, 0) is 6.18 Å². The van der Waals surface area contributed by atoms with Crippen molar-refractivity contribution in [1.29, 1.82) is 0 Å². The van der Waals surface area contributed by atoms with Gasteiger partial charge in [-0.15, -0.1) is 0 Å². The molecule has 8 nitrogen and oxygen atoms in total. The van der Waals surface area contributed by atoms with Gasteiger partial charge in [0, 0.05) is 18.7 Å². The van der Waals surface area contributed by atoms with Crippen molar-refractivity contribution in [1.82, 2.24) is 15.3 Å². The first kappa shape index (κ1) is 23.3. The fourth-order valence-corrected chi connectivity index (χ4v) is 2.71. The molecule has 0 saturated carbocycles. The Bertz CT molecular complexity index is 937. The summed E-state index contributed by atoms with van der Waals surface area (Å²) in [4.78, 5) is 19.7. The van der Waals surface area contributed by atoms with Crippen molar-refractivity contribution in [2.75, 3.05) is 18.2 Å². The van der Waals surface area contributed by atoms with Crippen molar-refractivity contribution in [3.63, 3.8) is 0 Å². The fourth-order valence-electron chi connectivity index (χ4n) is 2.39. The molecule has 0 aliphatic carbocycles. The van der Waals surface area contributed by atoms with Gasteiger partial charge in [-0.05, 0) is 12.1 Å². The number of hydrogen-bond donors (Lipinski definition) is 4. The smallest absolute Gasteiger partial charge is 0.399 e. The van der Waals surface area contributed by atoms with Gasteiger partial charge in [0.15, 0.2) is 5.82 Å². The molecule has 2 aromatic rings. The Morgan fingerprint density at radius 3 is 2.47 bits per heavy atom. The topological polar surface area (TPSA) is 130 Å². The molecule has 1 aromatic heterocycles. The third-order valence-corrected chi connectivity index (χ3v) is 4.23. The van der Waals surface area contributed by atoms with Crippen LogP contribution in [0.2, 0.25) is 5.02 Å². The van der Waals surface area contributed by atoms with Gasteiger partial charge in [-0.1, -0.05) is 17.7 Å². The van der Waals surface area contributed by atoms with Crippen molar-refractivity contribution in [2.45, 2.75) is 12.6 Å². The first-order valence-electron chi connectivity index (χ1n) is 8.30. The molecule has 0 atom stereocenters. The summed E-state index contributed by atoms with van der Waals surface area (Å²) >= 11 is 5.73. The summed E-state index contributed by atoms with van der Waals surface area (Å²) in [5, 5.41) is 11.7. The molecule has 0 saturated heterocycles. The average molecular weight is 449 g/mol. The summed E-state index contributed by atoms with van der Waals surface area (Å²) in [6.45, 7) is -0.714. The van der Waals surface area contributed by atoms with E-state index in [1.165, 1.54) is 0 Å². The van der Waals surface area contributed by atoms with Gasteiger partial charge >= 0.3 is 6.18 Å². The van der Waals surface area contributed by atoms with Crippen LogP contribution in [0.1, 0.15) is 22.3 Å². The first-order valence-corrected chi connectivity index (χ1v) is 8.68. The molecule has 162 valence electrons. The lowest BCUT2D eigenvalue weighted by molar-refractivity contribution is -0.137. The van der Waals surface area contributed by atoms with E-state index in [2.05, 4.69) is 15.3 Å². The molecule has 0 radical (unpaired) electrons. The molecule has 0 aliphatic rings. The quantitative estimate of drug-likeness (QED) is 0.289. The van der Waals surface area contributed by atoms with Gasteiger partial charge in [0.2, 0.25) is 5.95 Å². The number of nitrogens with one attached hydrogen (secondary N) is 1. The van der Waals surface area contributed by atoms with Crippen molar-refractivity contribution in [2.24, 2.45) is 11.6 Å². The molecule has 30 heavy (non-hydrogen) atoms. The number of carbonyl (C=O) groups is 1. The highest BCUT2D eigenvalue weighted by atomic mass is 35.5. The van der Waals surface area contributed by atoms with Gasteiger partial charge in [0.1, 0.15) is 0 Å². The van der Waals surface area contributed by atoms with E-state index < -0.39 is 34.1 Å². The van der Waals surface area contributed by atoms with E-state index >= 15 is 0 Å². The first-order chi connectivity index (χ1) is 14.1. The van der Waals surface area contributed by atoms with E-state index in [1.807, 2.05) is 0 Å². The van der Waals surface area contributed by atoms with Crippen LogP contribution >= 0.6 is 11.6 Å². The van der Waals surface area contributed by atoms with Crippen LogP contribution in [-0.4, -0.2) is 34.1 Å². The number of amides is 1. The zero-order chi connectivity index (χ0) is 22.5. The second-order valence-electron chi connectivity index (χ2n) is 5.86. The molecule has 6 N–H and O–H groups in total. The number of aliphatic hydroxyl groups excluding tert-OH is 1. The number of nitrogens with two attached hydrogens (primary N) is 2. The lowest BCUT2D eigenvalue weighted by Crippen LogP contribution is -2.37. The lowest BCUT2D eigenvalue weighted by Gasteiger charge is -2.22. The minimum atomic E-state index is -4.73. The second-order valence-corrected chi connectivity index (χ2v) is 6.24. The third kappa shape index (κ3) is 5.55. The number of anilines is 1. The SMILES string of the molecule is N/C(CNC(=O)c1cccc(C(F)(F)F)c1Cl)=C(/CCO)N(N)c1ncc(F)cn1. The van der Waals surface area contributed by atoms with Gasteiger partial charge in [-0.25, -0.2) is 25.2 Å². The molecule has 1 aromatic carbocycles. The van der Waals surface area contributed by atoms with Crippen LogP contribution in [0.3, 0.4) is 0 Å². The van der Waals surface area contributed by atoms with Crippen LogP contribution in [0, 0.1) is 5.82 Å². The third-order valence-electron chi connectivity index (χ3n) is 3.82. The fraction of sp³-hybridized carbons (Fsp3) is 0.235. The molecule has 0 fully saturated rings. The monoisotopic (exact) mass is 448 g/mol. The highest BCUT2D eigenvalue weighted by molar-refractivity contribution is 6.34. The van der Waals surface area contributed by atoms with Gasteiger partial charge in [-0.2, -0.15) is 13.2 Å². The van der Waals surface area contributed by atoms with Gasteiger partial charge in [0.05, 0.1) is 40.8 Å². The number of benzene rings is 1. The Morgan fingerprint density at radius 2 is 1.90 bits per heavy atom. The van der Waals surface area contributed by atoms with E-state index in [9.17, 15) is 27.5 Å². The molecule has 1 amide bonds. The van der Waals surface area contributed by atoms with Crippen LogP contribution in [0.25, 0.3) is 0 Å². The molecule has 0 bridgehead atoms. The summed E-state index contributed by atoms with van der Waals surface area (Å²) in [6, 6.07) is 2.93. The maximum Gasteiger partial charge on any atom is 0.417 e. The number of hydrazine groups is 1. The number of aliphatic hydroxyl groups is 1. The number of carbonyl (C=O) groups excluding carboxylic acids is 1. The predicted molar refractivity (Wildman–Crippen MR) is 100 cm³/mol. The minimum absolute atomic E-state index is 0.0316. The number of alkyl halides is 3. The average Bonchev–Trinajstić information content (AvgIpc) is 2.69. The number of hydrogen-bond acceptors (Lipinski definition) is 7. The molecule has 13 heteroatoms. The van der Waals surface area contributed by atoms with Gasteiger partial charge in [-0.3, -0.25) is 4.79 Å². The summed E-state index contributed by atoms with van der Waals surface area (Å²) in [7, 11) is 0. The molecule has 0 spiro atoms. The number of aromatic nitrogens is 2. The Morgan fingerprint density at radius 1 is 1.27 bits per heavy atom. The summed E-state index contributed by atoms with van der Waals surface area (Å²) < 4.78 is 51.8. The van der Waals surface area contributed by atoms with E-state index in [-0.39, 0.29) is 36.9 Å². The predicted octanol–water partition coefficient (Wildman–Crippen LogP) is 1.95. The Kier molecular flexibility index (Phi) is 7.54. The zero-order valence-electron chi connectivity index (χ0n) is 15.2. The standard InChI is InChI=1S/C17H17ClF4N6O2/c18-14-10(2-1-3-11(14)17(20,21)22)15(30)25-8-12(23)13(4-5-29)28(24)16-26-6-9(19)7-27-16/h1-3,6-7,29H,4-5,8,23-24H2,(H,25,30)/b13-12-. The van der Waals surface area contributed by atoms with Crippen LogP contribution in [0.4, 0.5) is 23.5 Å². The van der Waals surface area contributed by atoms with Crippen LogP contribution < -0.4 is 21.9 Å². The summed E-state index contributed by atoms with van der Waals surface area (Å²) in [5.74, 6) is 4.13. The zero-order valence-corrected chi connectivity index (χ0v) is 16.0. The molecule has 0 aliphatic heterocycles. The Hall–Kier alpha value is -2.96. The lowest BCUT2D eigenvalue weighted by atomic mass is 10.1. The van der Waals surface area contributed by atoms with E-state index in [0.717, 1.165) is 35.6 Å². The summed E-state index contributed by atoms with van der Waals surface area (Å²) in [6.07, 6.45) is -3.06. The van der Waals surface area contributed by atoms with Crippen molar-refractivity contribution < 1.29 is 27.5 Å². The molecule has 0 unspecified atom stereocenters.